The van der Waals surface area contributed by atoms with E-state index in [0.717, 1.165) is 26.8 Å². The molecule has 0 amide bonds. The smallest absolute Gasteiger partial charge is 0.139 e. The average molecular weight is 273 g/mol. The van der Waals surface area contributed by atoms with E-state index in [9.17, 15) is 0 Å². The Balaban J connectivity index is 2.25. The molecule has 1 aromatic carbocycles. The van der Waals surface area contributed by atoms with Crippen molar-refractivity contribution < 1.29 is 0 Å². The molecule has 0 saturated heterocycles. The zero-order valence-corrected chi connectivity index (χ0v) is 10.0. The van der Waals surface area contributed by atoms with Gasteiger partial charge in [-0.3, -0.25) is 0 Å². The molecule has 0 aliphatic carbocycles. The van der Waals surface area contributed by atoms with Crippen LogP contribution in [-0.4, -0.2) is 9.97 Å². The summed E-state index contributed by atoms with van der Waals surface area (Å²) in [4.78, 5) is 7.71. The Kier molecular flexibility index (Phi) is 2.26. The minimum atomic E-state index is 0.910. The molecule has 0 bridgehead atoms. The summed E-state index contributed by atoms with van der Waals surface area (Å²) in [6.07, 6.45) is 1.90. The normalized spacial score (nSPS) is 10.8. The lowest BCUT2D eigenvalue weighted by Crippen LogP contribution is -1.85. The third kappa shape index (κ3) is 1.53. The summed E-state index contributed by atoms with van der Waals surface area (Å²) < 4.78 is 1.07. The highest BCUT2D eigenvalue weighted by Crippen LogP contribution is 2.27. The van der Waals surface area contributed by atoms with Crippen molar-refractivity contribution in [3.05, 3.63) is 53.1 Å². The predicted molar refractivity (Wildman–Crippen MR) is 69.2 cm³/mol. The maximum Gasteiger partial charge on any atom is 0.139 e. The van der Waals surface area contributed by atoms with Gasteiger partial charge in [0.05, 0.1) is 5.69 Å². The second-order valence-electron chi connectivity index (χ2n) is 3.60. The topological polar surface area (TPSA) is 28.7 Å². The summed E-state index contributed by atoms with van der Waals surface area (Å²) >= 11 is 3.56. The van der Waals surface area contributed by atoms with Gasteiger partial charge in [-0.1, -0.05) is 30.3 Å². The van der Waals surface area contributed by atoms with Crippen LogP contribution in [0.25, 0.3) is 22.3 Å². The SMILES string of the molecule is Brc1cc(-c2ccccc2)nc2[nH]ccc12. The van der Waals surface area contributed by atoms with Crippen LogP contribution in [0.1, 0.15) is 0 Å². The molecule has 78 valence electrons. The van der Waals surface area contributed by atoms with Crippen molar-refractivity contribution in [2.24, 2.45) is 0 Å². The highest BCUT2D eigenvalue weighted by molar-refractivity contribution is 9.10. The number of H-pyrrole nitrogens is 1. The summed E-state index contributed by atoms with van der Waals surface area (Å²) in [6.45, 7) is 0. The lowest BCUT2D eigenvalue weighted by Gasteiger charge is -2.02. The van der Waals surface area contributed by atoms with Gasteiger partial charge >= 0.3 is 0 Å². The van der Waals surface area contributed by atoms with E-state index < -0.39 is 0 Å². The summed E-state index contributed by atoms with van der Waals surface area (Å²) in [7, 11) is 0. The largest absolute Gasteiger partial charge is 0.346 e. The van der Waals surface area contributed by atoms with Crippen LogP contribution in [0.4, 0.5) is 0 Å². The first kappa shape index (κ1) is 9.60. The molecule has 0 radical (unpaired) electrons. The molecule has 2 heterocycles. The number of fused-ring (bicyclic) bond motifs is 1. The van der Waals surface area contributed by atoms with E-state index in [0.29, 0.717) is 0 Å². The Morgan fingerprint density at radius 3 is 2.69 bits per heavy atom. The third-order valence-electron chi connectivity index (χ3n) is 2.55. The summed E-state index contributed by atoms with van der Waals surface area (Å²) in [5.74, 6) is 0. The van der Waals surface area contributed by atoms with Gasteiger partial charge in [0.1, 0.15) is 5.65 Å². The molecule has 3 rings (SSSR count). The van der Waals surface area contributed by atoms with Crippen LogP contribution >= 0.6 is 15.9 Å². The molecule has 0 aliphatic rings. The van der Waals surface area contributed by atoms with E-state index >= 15 is 0 Å². The number of aromatic amines is 1. The molecule has 0 atom stereocenters. The second-order valence-corrected chi connectivity index (χ2v) is 4.45. The summed E-state index contributed by atoms with van der Waals surface area (Å²) in [5.41, 5.74) is 3.01. The maximum absolute atomic E-state index is 4.58. The van der Waals surface area contributed by atoms with Crippen molar-refractivity contribution >= 4 is 27.0 Å². The lowest BCUT2D eigenvalue weighted by atomic mass is 10.1. The molecule has 1 N–H and O–H groups in total. The molecular weight excluding hydrogens is 264 g/mol. The fourth-order valence-corrected chi connectivity index (χ4v) is 2.29. The van der Waals surface area contributed by atoms with Gasteiger partial charge in [-0.15, -0.1) is 0 Å². The number of nitrogens with one attached hydrogen (secondary N) is 1. The third-order valence-corrected chi connectivity index (χ3v) is 3.20. The number of nitrogens with zero attached hydrogens (tertiary/aromatic N) is 1. The molecule has 0 fully saturated rings. The van der Waals surface area contributed by atoms with Crippen molar-refractivity contribution in [3.8, 4) is 11.3 Å². The molecule has 0 spiro atoms. The quantitative estimate of drug-likeness (QED) is 0.713. The fourth-order valence-electron chi connectivity index (χ4n) is 1.75. The fraction of sp³-hybridized carbons (Fsp3) is 0. The minimum Gasteiger partial charge on any atom is -0.346 e. The van der Waals surface area contributed by atoms with Gasteiger partial charge in [-0.05, 0) is 28.1 Å². The number of halogens is 1. The zero-order chi connectivity index (χ0) is 11.0. The molecule has 0 unspecified atom stereocenters. The van der Waals surface area contributed by atoms with Gasteiger partial charge in [0, 0.05) is 21.6 Å². The van der Waals surface area contributed by atoms with Crippen LogP contribution in [0.3, 0.4) is 0 Å². The number of hydrogen-bond acceptors (Lipinski definition) is 1. The molecule has 0 aliphatic heterocycles. The van der Waals surface area contributed by atoms with Gasteiger partial charge in [-0.2, -0.15) is 0 Å². The number of pyridine rings is 1. The Labute approximate surface area is 101 Å². The second kappa shape index (κ2) is 3.76. The molecule has 3 heteroatoms. The van der Waals surface area contributed by atoms with E-state index in [-0.39, 0.29) is 0 Å². The van der Waals surface area contributed by atoms with Crippen LogP contribution in [-0.2, 0) is 0 Å². The first-order valence-corrected chi connectivity index (χ1v) is 5.83. The molecule has 2 nitrogen and oxygen atoms in total. The van der Waals surface area contributed by atoms with Crippen LogP contribution in [0.15, 0.2) is 53.1 Å². The summed E-state index contributed by atoms with van der Waals surface area (Å²) in [5, 5.41) is 1.11. The number of benzene rings is 1. The maximum atomic E-state index is 4.58. The Morgan fingerprint density at radius 1 is 1.06 bits per heavy atom. The standard InChI is InChI=1S/C13H9BrN2/c14-11-8-12(9-4-2-1-3-5-9)16-13-10(11)6-7-15-13/h1-8H,(H,15,16). The lowest BCUT2D eigenvalue weighted by molar-refractivity contribution is 1.32. The van der Waals surface area contributed by atoms with E-state index in [1.165, 1.54) is 0 Å². The molecule has 3 aromatic rings. The van der Waals surface area contributed by atoms with Crippen molar-refractivity contribution in [1.82, 2.24) is 9.97 Å². The Bertz CT molecular complexity index is 629. The molecule has 16 heavy (non-hydrogen) atoms. The Morgan fingerprint density at radius 2 is 1.88 bits per heavy atom. The number of hydrogen-bond donors (Lipinski definition) is 1. The highest BCUT2D eigenvalue weighted by Gasteiger charge is 2.05. The van der Waals surface area contributed by atoms with Gasteiger partial charge in [0.15, 0.2) is 0 Å². The zero-order valence-electron chi connectivity index (χ0n) is 8.44. The first-order valence-electron chi connectivity index (χ1n) is 5.03. The average Bonchev–Trinajstić information content (AvgIpc) is 2.79. The van der Waals surface area contributed by atoms with Crippen molar-refractivity contribution in [2.45, 2.75) is 0 Å². The van der Waals surface area contributed by atoms with E-state index in [1.54, 1.807) is 0 Å². The van der Waals surface area contributed by atoms with Crippen molar-refractivity contribution in [3.63, 3.8) is 0 Å². The van der Waals surface area contributed by atoms with Crippen LogP contribution < -0.4 is 0 Å². The van der Waals surface area contributed by atoms with Crippen molar-refractivity contribution in [2.75, 3.05) is 0 Å². The van der Waals surface area contributed by atoms with Crippen LogP contribution in [0.2, 0.25) is 0 Å². The van der Waals surface area contributed by atoms with Crippen molar-refractivity contribution in [1.29, 1.82) is 0 Å². The Hall–Kier alpha value is -1.61. The van der Waals surface area contributed by atoms with Gasteiger partial charge in [-0.25, -0.2) is 4.98 Å². The van der Waals surface area contributed by atoms with E-state index in [2.05, 4.69) is 38.0 Å². The minimum absolute atomic E-state index is 0.910. The monoisotopic (exact) mass is 272 g/mol. The van der Waals surface area contributed by atoms with E-state index in [1.807, 2.05) is 36.5 Å². The van der Waals surface area contributed by atoms with Gasteiger partial charge in [0.2, 0.25) is 0 Å². The number of aromatic nitrogens is 2. The molecule has 0 saturated carbocycles. The first-order chi connectivity index (χ1) is 7.84. The van der Waals surface area contributed by atoms with Crippen LogP contribution in [0.5, 0.6) is 0 Å². The summed E-state index contributed by atoms with van der Waals surface area (Å²) in [6, 6.07) is 14.2. The highest BCUT2D eigenvalue weighted by atomic mass is 79.9. The van der Waals surface area contributed by atoms with Gasteiger partial charge in [0.25, 0.3) is 0 Å². The molecule has 2 aromatic heterocycles. The number of rotatable bonds is 1. The van der Waals surface area contributed by atoms with E-state index in [4.69, 9.17) is 0 Å². The predicted octanol–water partition coefficient (Wildman–Crippen LogP) is 3.99. The van der Waals surface area contributed by atoms with Crippen LogP contribution in [0, 0.1) is 0 Å². The van der Waals surface area contributed by atoms with Gasteiger partial charge < -0.3 is 4.98 Å². The molecular formula is C13H9BrN2.